The summed E-state index contributed by atoms with van der Waals surface area (Å²) in [5, 5.41) is 4.15. The maximum atomic E-state index is 12.4. The number of nitrogens with one attached hydrogen (secondary N) is 1. The quantitative estimate of drug-likeness (QED) is 0.877. The predicted molar refractivity (Wildman–Crippen MR) is 84.5 cm³/mol. The van der Waals surface area contributed by atoms with E-state index in [1.54, 1.807) is 0 Å². The van der Waals surface area contributed by atoms with Gasteiger partial charge in [-0.2, -0.15) is 0 Å². The summed E-state index contributed by atoms with van der Waals surface area (Å²) in [6.45, 7) is 2.00. The van der Waals surface area contributed by atoms with Gasteiger partial charge in [0.15, 0.2) is 5.76 Å². The number of amides is 1. The number of rotatable bonds is 2. The highest BCUT2D eigenvalue weighted by molar-refractivity contribution is 5.96. The summed E-state index contributed by atoms with van der Waals surface area (Å²) in [7, 11) is 0. The fourth-order valence-corrected chi connectivity index (χ4v) is 3.18. The molecule has 1 aliphatic carbocycles. The van der Waals surface area contributed by atoms with Crippen molar-refractivity contribution in [3.05, 3.63) is 35.6 Å². The molecule has 0 bridgehead atoms. The maximum absolute atomic E-state index is 12.4. The minimum Gasteiger partial charge on any atom is -0.451 e. The highest BCUT2D eigenvalue weighted by atomic mass is 16.3. The minimum absolute atomic E-state index is 0.0730. The molecule has 0 aliphatic heterocycles. The van der Waals surface area contributed by atoms with Crippen molar-refractivity contribution in [1.82, 2.24) is 5.32 Å². The number of hydrogen-bond acceptors (Lipinski definition) is 2. The predicted octanol–water partition coefficient (Wildman–Crippen LogP) is 4.58. The fraction of sp³-hybridized carbons (Fsp3) is 0.500. The smallest absolute Gasteiger partial charge is 0.287 e. The molecule has 1 aromatic carbocycles. The lowest BCUT2D eigenvalue weighted by molar-refractivity contribution is 0.0904. The third-order valence-corrected chi connectivity index (χ3v) is 4.41. The van der Waals surface area contributed by atoms with Crippen LogP contribution in [0.15, 0.2) is 28.7 Å². The molecule has 0 radical (unpaired) electrons. The largest absolute Gasteiger partial charge is 0.451 e. The summed E-state index contributed by atoms with van der Waals surface area (Å²) < 4.78 is 5.75. The van der Waals surface area contributed by atoms with Gasteiger partial charge >= 0.3 is 0 Å². The molecule has 2 aromatic rings. The number of carbonyl (C=O) groups is 1. The van der Waals surface area contributed by atoms with Crippen molar-refractivity contribution in [1.29, 1.82) is 0 Å². The van der Waals surface area contributed by atoms with Crippen molar-refractivity contribution in [2.24, 2.45) is 0 Å². The van der Waals surface area contributed by atoms with Gasteiger partial charge in [-0.1, -0.05) is 50.3 Å². The van der Waals surface area contributed by atoms with E-state index in [1.165, 1.54) is 32.1 Å². The van der Waals surface area contributed by atoms with Crippen molar-refractivity contribution >= 4 is 16.9 Å². The zero-order valence-corrected chi connectivity index (χ0v) is 12.7. The monoisotopic (exact) mass is 285 g/mol. The normalized spacial score (nSPS) is 17.4. The molecular formula is C18H23NO2. The van der Waals surface area contributed by atoms with Crippen molar-refractivity contribution < 1.29 is 9.21 Å². The van der Waals surface area contributed by atoms with Crippen LogP contribution in [0.2, 0.25) is 0 Å². The lowest BCUT2D eigenvalue weighted by Crippen LogP contribution is -2.35. The second-order valence-electron chi connectivity index (χ2n) is 6.12. The molecule has 21 heavy (non-hydrogen) atoms. The average molecular weight is 285 g/mol. The number of fused-ring (bicyclic) bond motifs is 1. The number of benzene rings is 1. The Labute approximate surface area is 125 Å². The molecule has 1 aliphatic rings. The Bertz CT molecular complexity index is 621. The Morgan fingerprint density at radius 2 is 1.86 bits per heavy atom. The van der Waals surface area contributed by atoms with Crippen LogP contribution in [0, 0.1) is 6.92 Å². The number of hydrogen-bond donors (Lipinski definition) is 1. The van der Waals surface area contributed by atoms with Gasteiger partial charge in [-0.3, -0.25) is 4.79 Å². The van der Waals surface area contributed by atoms with Crippen LogP contribution in [0.25, 0.3) is 11.0 Å². The van der Waals surface area contributed by atoms with E-state index in [2.05, 4.69) is 5.32 Å². The molecular weight excluding hydrogens is 262 g/mol. The van der Waals surface area contributed by atoms with Crippen LogP contribution < -0.4 is 5.32 Å². The number of carbonyl (C=O) groups excluding carboxylic acids is 1. The van der Waals surface area contributed by atoms with Crippen LogP contribution in [-0.4, -0.2) is 11.9 Å². The van der Waals surface area contributed by atoms with Crippen molar-refractivity contribution in [3.8, 4) is 0 Å². The molecule has 1 fully saturated rings. The molecule has 1 aromatic heterocycles. The topological polar surface area (TPSA) is 42.2 Å². The van der Waals surface area contributed by atoms with Crippen molar-refractivity contribution in [2.45, 2.75) is 57.9 Å². The second-order valence-corrected chi connectivity index (χ2v) is 6.12. The van der Waals surface area contributed by atoms with Crippen LogP contribution in [-0.2, 0) is 0 Å². The SMILES string of the molecule is Cc1cccc2cc(C(=O)NC3CCCCCCC3)oc12. The Kier molecular flexibility index (Phi) is 4.28. The highest BCUT2D eigenvalue weighted by Gasteiger charge is 2.18. The second kappa shape index (κ2) is 6.33. The van der Waals surface area contributed by atoms with Gasteiger partial charge in [0.05, 0.1) is 0 Å². The van der Waals surface area contributed by atoms with Gasteiger partial charge in [-0.05, 0) is 31.4 Å². The van der Waals surface area contributed by atoms with E-state index in [9.17, 15) is 4.79 Å². The van der Waals surface area contributed by atoms with Crippen LogP contribution in [0.1, 0.15) is 61.1 Å². The van der Waals surface area contributed by atoms with Crippen LogP contribution in [0.3, 0.4) is 0 Å². The van der Waals surface area contributed by atoms with Gasteiger partial charge in [0.25, 0.3) is 5.91 Å². The first-order chi connectivity index (χ1) is 10.2. The Balaban J connectivity index is 1.72. The first kappa shape index (κ1) is 14.2. The summed E-state index contributed by atoms with van der Waals surface area (Å²) in [6.07, 6.45) is 8.51. The van der Waals surface area contributed by atoms with Gasteiger partial charge in [0.1, 0.15) is 5.58 Å². The van der Waals surface area contributed by atoms with E-state index >= 15 is 0 Å². The lowest BCUT2D eigenvalue weighted by Gasteiger charge is -2.20. The van der Waals surface area contributed by atoms with Gasteiger partial charge in [0, 0.05) is 11.4 Å². The number of para-hydroxylation sites is 1. The molecule has 3 nitrogen and oxygen atoms in total. The zero-order chi connectivity index (χ0) is 14.7. The van der Waals surface area contributed by atoms with E-state index < -0.39 is 0 Å². The standard InChI is InChI=1S/C18H23NO2/c1-13-8-7-9-14-12-16(21-17(13)14)18(20)19-15-10-5-3-2-4-6-11-15/h7-9,12,15H,2-6,10-11H2,1H3,(H,19,20). The van der Waals surface area contributed by atoms with E-state index in [-0.39, 0.29) is 5.91 Å². The third kappa shape index (κ3) is 3.29. The average Bonchev–Trinajstić information content (AvgIpc) is 2.87. The van der Waals surface area contributed by atoms with Gasteiger partial charge in [-0.25, -0.2) is 0 Å². The van der Waals surface area contributed by atoms with Crippen molar-refractivity contribution in [3.63, 3.8) is 0 Å². The summed E-state index contributed by atoms with van der Waals surface area (Å²) in [4.78, 5) is 12.4. The summed E-state index contributed by atoms with van der Waals surface area (Å²) in [6, 6.07) is 8.12. The first-order valence-electron chi connectivity index (χ1n) is 8.04. The molecule has 112 valence electrons. The van der Waals surface area contributed by atoms with E-state index in [4.69, 9.17) is 4.42 Å². The fourth-order valence-electron chi connectivity index (χ4n) is 3.18. The molecule has 0 saturated heterocycles. The summed E-state index contributed by atoms with van der Waals surface area (Å²) in [5.74, 6) is 0.359. The van der Waals surface area contributed by atoms with E-state index in [0.29, 0.717) is 11.8 Å². The van der Waals surface area contributed by atoms with E-state index in [1.807, 2.05) is 31.2 Å². The van der Waals surface area contributed by atoms with Crippen LogP contribution in [0.5, 0.6) is 0 Å². The molecule has 1 N–H and O–H groups in total. The molecule has 0 atom stereocenters. The Morgan fingerprint density at radius 1 is 1.14 bits per heavy atom. The molecule has 1 saturated carbocycles. The van der Waals surface area contributed by atoms with Crippen LogP contribution >= 0.6 is 0 Å². The molecule has 3 heteroatoms. The van der Waals surface area contributed by atoms with Gasteiger partial charge < -0.3 is 9.73 Å². The van der Waals surface area contributed by atoms with Gasteiger partial charge in [-0.15, -0.1) is 0 Å². The Morgan fingerprint density at radius 3 is 2.57 bits per heavy atom. The molecule has 1 heterocycles. The van der Waals surface area contributed by atoms with Gasteiger partial charge in [0.2, 0.25) is 0 Å². The maximum Gasteiger partial charge on any atom is 0.287 e. The lowest BCUT2D eigenvalue weighted by atomic mass is 9.97. The van der Waals surface area contributed by atoms with Crippen LogP contribution in [0.4, 0.5) is 0 Å². The molecule has 3 rings (SSSR count). The summed E-state index contributed by atoms with van der Waals surface area (Å²) >= 11 is 0. The third-order valence-electron chi connectivity index (χ3n) is 4.41. The number of furan rings is 1. The van der Waals surface area contributed by atoms with E-state index in [0.717, 1.165) is 29.4 Å². The summed E-state index contributed by atoms with van der Waals surface area (Å²) in [5.41, 5.74) is 1.89. The zero-order valence-electron chi connectivity index (χ0n) is 12.7. The molecule has 0 spiro atoms. The van der Waals surface area contributed by atoms with Crippen molar-refractivity contribution in [2.75, 3.05) is 0 Å². The first-order valence-corrected chi connectivity index (χ1v) is 8.04. The molecule has 1 amide bonds. The minimum atomic E-state index is -0.0730. The number of aryl methyl sites for hydroxylation is 1. The Hall–Kier alpha value is -1.77. The highest BCUT2D eigenvalue weighted by Crippen LogP contribution is 2.23. The molecule has 0 unspecified atom stereocenters.